The lowest BCUT2D eigenvalue weighted by atomic mass is 9.78. The SMILES string of the molecule is O=C(O)C(F)(F)F.O=C(c1cccnc1)N1CCCC2(CCN(c3ccsc3)C2=O)C1. The zero-order chi connectivity index (χ0) is 22.6. The summed E-state index contributed by atoms with van der Waals surface area (Å²) in [4.78, 5) is 42.4. The smallest absolute Gasteiger partial charge is 0.475 e. The van der Waals surface area contributed by atoms with Crippen LogP contribution in [-0.2, 0) is 9.59 Å². The Morgan fingerprint density at radius 2 is 1.94 bits per heavy atom. The van der Waals surface area contributed by atoms with Crippen LogP contribution in [0.4, 0.5) is 18.9 Å². The number of carbonyl (C=O) groups is 3. The van der Waals surface area contributed by atoms with Crippen LogP contribution in [0, 0.1) is 5.41 Å². The number of aliphatic carboxylic acids is 1. The number of halogens is 3. The number of pyridine rings is 1. The Kier molecular flexibility index (Phi) is 6.63. The normalized spacial score (nSPS) is 21.1. The van der Waals surface area contributed by atoms with Crippen molar-refractivity contribution in [2.75, 3.05) is 24.5 Å². The van der Waals surface area contributed by atoms with Crippen LogP contribution in [-0.4, -0.2) is 58.6 Å². The Hall–Kier alpha value is -2.95. The standard InChI is InChI=1S/C18H19N3O2S.C2HF3O2/c22-16(14-3-1-7-19-11-14)20-8-2-5-18(13-20)6-9-21(17(18)23)15-4-10-24-12-15;3-2(4,5)1(6)7/h1,3-4,7,10-12H,2,5-6,8-9,13H2;(H,6,7). The number of carbonyl (C=O) groups excluding carboxylic acids is 2. The molecule has 0 bridgehead atoms. The molecule has 1 N–H and O–H groups in total. The number of amides is 2. The van der Waals surface area contributed by atoms with Crippen LogP contribution >= 0.6 is 11.3 Å². The van der Waals surface area contributed by atoms with Crippen molar-refractivity contribution in [3.8, 4) is 0 Å². The Balaban J connectivity index is 0.000000339. The quantitative estimate of drug-likeness (QED) is 0.749. The van der Waals surface area contributed by atoms with Crippen molar-refractivity contribution in [3.05, 3.63) is 46.9 Å². The first-order valence-electron chi connectivity index (χ1n) is 9.48. The van der Waals surface area contributed by atoms with E-state index in [4.69, 9.17) is 9.90 Å². The van der Waals surface area contributed by atoms with Crippen molar-refractivity contribution in [3.63, 3.8) is 0 Å². The van der Waals surface area contributed by atoms with Crippen LogP contribution in [0.15, 0.2) is 41.4 Å². The van der Waals surface area contributed by atoms with Crippen molar-refractivity contribution < 1.29 is 32.7 Å². The number of nitrogens with zero attached hydrogens (tertiary/aromatic N) is 3. The van der Waals surface area contributed by atoms with Crippen LogP contribution in [0.5, 0.6) is 0 Å². The third-order valence-corrected chi connectivity index (χ3v) is 6.02. The molecule has 2 aliphatic heterocycles. The van der Waals surface area contributed by atoms with Crippen molar-refractivity contribution in [2.45, 2.75) is 25.4 Å². The van der Waals surface area contributed by atoms with Gasteiger partial charge in [-0.3, -0.25) is 14.6 Å². The summed E-state index contributed by atoms with van der Waals surface area (Å²) in [7, 11) is 0. The number of carboxylic acids is 1. The van der Waals surface area contributed by atoms with E-state index in [0.29, 0.717) is 18.7 Å². The minimum Gasteiger partial charge on any atom is -0.475 e. The van der Waals surface area contributed by atoms with E-state index in [-0.39, 0.29) is 11.8 Å². The molecule has 166 valence electrons. The first kappa shape index (κ1) is 22.7. The van der Waals surface area contributed by atoms with Crippen molar-refractivity contribution in [1.29, 1.82) is 0 Å². The molecule has 1 unspecified atom stereocenters. The monoisotopic (exact) mass is 455 g/mol. The third-order valence-electron chi connectivity index (χ3n) is 5.35. The Bertz CT molecular complexity index is 937. The highest BCUT2D eigenvalue weighted by atomic mass is 32.1. The van der Waals surface area contributed by atoms with E-state index in [0.717, 1.165) is 31.5 Å². The second kappa shape index (κ2) is 9.04. The molecule has 2 aromatic rings. The molecule has 0 radical (unpaired) electrons. The van der Waals surface area contributed by atoms with Gasteiger partial charge in [0.1, 0.15) is 0 Å². The topological polar surface area (TPSA) is 90.8 Å². The number of hydrogen-bond donors (Lipinski definition) is 1. The van der Waals surface area contributed by atoms with Gasteiger partial charge in [-0.1, -0.05) is 0 Å². The lowest BCUT2D eigenvalue weighted by Crippen LogP contribution is -2.49. The number of rotatable bonds is 2. The summed E-state index contributed by atoms with van der Waals surface area (Å²) in [5, 5.41) is 11.1. The van der Waals surface area contributed by atoms with Crippen molar-refractivity contribution in [2.24, 2.45) is 5.41 Å². The number of anilines is 1. The number of thiophene rings is 1. The maximum Gasteiger partial charge on any atom is 0.490 e. The highest BCUT2D eigenvalue weighted by Gasteiger charge is 2.50. The molecule has 0 saturated carbocycles. The molecule has 1 spiro atoms. The summed E-state index contributed by atoms with van der Waals surface area (Å²) < 4.78 is 31.7. The van der Waals surface area contributed by atoms with E-state index in [9.17, 15) is 22.8 Å². The lowest BCUT2D eigenvalue weighted by molar-refractivity contribution is -0.192. The molecular weight excluding hydrogens is 435 g/mol. The molecule has 4 heterocycles. The molecule has 31 heavy (non-hydrogen) atoms. The summed E-state index contributed by atoms with van der Waals surface area (Å²) in [5.41, 5.74) is 1.16. The maximum absolute atomic E-state index is 13.1. The molecule has 11 heteroatoms. The lowest BCUT2D eigenvalue weighted by Gasteiger charge is -2.39. The van der Waals surface area contributed by atoms with Gasteiger partial charge >= 0.3 is 12.1 Å². The molecule has 2 amide bonds. The zero-order valence-corrected chi connectivity index (χ0v) is 17.2. The predicted octanol–water partition coefficient (Wildman–Crippen LogP) is 3.44. The van der Waals surface area contributed by atoms with E-state index in [1.165, 1.54) is 0 Å². The molecule has 4 rings (SSSR count). The van der Waals surface area contributed by atoms with E-state index in [1.807, 2.05) is 26.6 Å². The first-order valence-corrected chi connectivity index (χ1v) is 10.4. The minimum absolute atomic E-state index is 0.0241. The summed E-state index contributed by atoms with van der Waals surface area (Å²) in [6.07, 6.45) is 0.725. The zero-order valence-electron chi connectivity index (χ0n) is 16.3. The summed E-state index contributed by atoms with van der Waals surface area (Å²) in [6, 6.07) is 5.54. The molecule has 0 aliphatic carbocycles. The Morgan fingerprint density at radius 3 is 2.52 bits per heavy atom. The summed E-state index contributed by atoms with van der Waals surface area (Å²) in [5.74, 6) is -2.61. The molecule has 0 aromatic carbocycles. The largest absolute Gasteiger partial charge is 0.490 e. The van der Waals surface area contributed by atoms with Gasteiger partial charge in [0.15, 0.2) is 0 Å². The van der Waals surface area contributed by atoms with Gasteiger partial charge < -0.3 is 14.9 Å². The van der Waals surface area contributed by atoms with E-state index < -0.39 is 17.6 Å². The fraction of sp³-hybridized carbons (Fsp3) is 0.400. The van der Waals surface area contributed by atoms with Crippen LogP contribution in [0.2, 0.25) is 0 Å². The highest BCUT2D eigenvalue weighted by molar-refractivity contribution is 7.08. The van der Waals surface area contributed by atoms with Gasteiger partial charge in [0, 0.05) is 37.4 Å². The van der Waals surface area contributed by atoms with Gasteiger partial charge in [-0.2, -0.15) is 24.5 Å². The van der Waals surface area contributed by atoms with Gasteiger partial charge in [-0.25, -0.2) is 4.79 Å². The van der Waals surface area contributed by atoms with Crippen LogP contribution in [0.1, 0.15) is 29.6 Å². The highest BCUT2D eigenvalue weighted by Crippen LogP contribution is 2.42. The Labute approximate surface area is 180 Å². The predicted molar refractivity (Wildman–Crippen MR) is 107 cm³/mol. The number of aromatic nitrogens is 1. The average molecular weight is 455 g/mol. The minimum atomic E-state index is -5.08. The molecule has 2 saturated heterocycles. The molecule has 2 fully saturated rings. The number of likely N-dealkylation sites (tertiary alicyclic amines) is 1. The second-order valence-corrected chi connectivity index (χ2v) is 8.12. The number of carboxylic acid groups (broad SMARTS) is 1. The molecular formula is C20H20F3N3O4S. The third kappa shape index (κ3) is 5.04. The van der Waals surface area contributed by atoms with Crippen LogP contribution in [0.3, 0.4) is 0 Å². The van der Waals surface area contributed by atoms with Gasteiger partial charge in [0.25, 0.3) is 5.91 Å². The van der Waals surface area contributed by atoms with E-state index in [1.54, 1.807) is 35.9 Å². The first-order chi connectivity index (χ1) is 14.6. The second-order valence-electron chi connectivity index (χ2n) is 7.34. The molecule has 2 aliphatic rings. The van der Waals surface area contributed by atoms with Gasteiger partial charge in [-0.05, 0) is 42.8 Å². The molecule has 7 nitrogen and oxygen atoms in total. The van der Waals surface area contributed by atoms with Gasteiger partial charge in [0.2, 0.25) is 5.91 Å². The summed E-state index contributed by atoms with van der Waals surface area (Å²) in [6.45, 7) is 1.96. The van der Waals surface area contributed by atoms with Crippen LogP contribution < -0.4 is 4.90 Å². The molecule has 1 atom stereocenters. The van der Waals surface area contributed by atoms with Gasteiger partial charge in [-0.15, -0.1) is 0 Å². The fourth-order valence-electron chi connectivity index (χ4n) is 3.83. The number of alkyl halides is 3. The average Bonchev–Trinajstić information content (AvgIpc) is 3.37. The van der Waals surface area contributed by atoms with E-state index in [2.05, 4.69) is 4.98 Å². The Morgan fingerprint density at radius 1 is 1.19 bits per heavy atom. The van der Waals surface area contributed by atoms with Gasteiger partial charge in [0.05, 0.1) is 16.7 Å². The summed E-state index contributed by atoms with van der Waals surface area (Å²) >= 11 is 1.60. The molecule has 2 aromatic heterocycles. The fourth-order valence-corrected chi connectivity index (χ4v) is 4.48. The van der Waals surface area contributed by atoms with Crippen molar-refractivity contribution in [1.82, 2.24) is 9.88 Å². The van der Waals surface area contributed by atoms with Crippen LogP contribution in [0.25, 0.3) is 0 Å². The van der Waals surface area contributed by atoms with Crippen molar-refractivity contribution >= 4 is 34.8 Å². The van der Waals surface area contributed by atoms with E-state index >= 15 is 0 Å². The number of hydrogen-bond acceptors (Lipinski definition) is 5. The number of piperidine rings is 1. The maximum atomic E-state index is 13.1.